The topological polar surface area (TPSA) is 85.4 Å². The summed E-state index contributed by atoms with van der Waals surface area (Å²) in [7, 11) is -2.06. The SMILES string of the molecule is COc1cccc(S(=O)(=O)N2CC3(CC(CC(=O)N4CCOCC4)CO3)C2)c1. The van der Waals surface area contributed by atoms with E-state index in [0.717, 1.165) is 0 Å². The summed E-state index contributed by atoms with van der Waals surface area (Å²) >= 11 is 0. The molecule has 3 aliphatic rings. The summed E-state index contributed by atoms with van der Waals surface area (Å²) in [5.41, 5.74) is -0.456. The van der Waals surface area contributed by atoms with Gasteiger partial charge in [-0.1, -0.05) is 6.07 Å². The van der Waals surface area contributed by atoms with Gasteiger partial charge in [0.05, 0.1) is 37.4 Å². The van der Waals surface area contributed by atoms with Gasteiger partial charge in [-0.2, -0.15) is 4.31 Å². The van der Waals surface area contributed by atoms with Crippen molar-refractivity contribution in [2.45, 2.75) is 23.3 Å². The molecule has 3 heterocycles. The highest BCUT2D eigenvalue weighted by Crippen LogP contribution is 2.41. The number of morpholine rings is 1. The molecule has 1 unspecified atom stereocenters. The van der Waals surface area contributed by atoms with Gasteiger partial charge in [-0.25, -0.2) is 8.42 Å². The number of ether oxygens (including phenoxy) is 3. The molecule has 4 rings (SSSR count). The lowest BCUT2D eigenvalue weighted by Crippen LogP contribution is -2.63. The number of sulfonamides is 1. The van der Waals surface area contributed by atoms with Crippen LogP contribution in [0, 0.1) is 5.92 Å². The maximum absolute atomic E-state index is 12.8. The zero-order valence-electron chi connectivity index (χ0n) is 16.0. The summed E-state index contributed by atoms with van der Waals surface area (Å²) < 4.78 is 43.5. The summed E-state index contributed by atoms with van der Waals surface area (Å²) in [5, 5.41) is 0. The Labute approximate surface area is 165 Å². The Morgan fingerprint density at radius 2 is 2.04 bits per heavy atom. The number of carbonyl (C=O) groups is 1. The first-order valence-corrected chi connectivity index (χ1v) is 11.0. The lowest BCUT2D eigenvalue weighted by Gasteiger charge is -2.46. The molecule has 154 valence electrons. The lowest BCUT2D eigenvalue weighted by atomic mass is 9.87. The highest BCUT2D eigenvalue weighted by atomic mass is 32.2. The molecular weight excluding hydrogens is 384 g/mol. The van der Waals surface area contributed by atoms with E-state index in [2.05, 4.69) is 0 Å². The smallest absolute Gasteiger partial charge is 0.243 e. The van der Waals surface area contributed by atoms with E-state index in [0.29, 0.717) is 64.6 Å². The van der Waals surface area contributed by atoms with Gasteiger partial charge < -0.3 is 19.1 Å². The molecule has 0 aliphatic carbocycles. The third-order valence-corrected chi connectivity index (χ3v) is 7.51. The largest absolute Gasteiger partial charge is 0.497 e. The van der Waals surface area contributed by atoms with Crippen molar-refractivity contribution in [3.8, 4) is 5.75 Å². The standard InChI is InChI=1S/C19H26N2O6S/c1-25-16-3-2-4-17(10-16)28(23,24)21-13-19(14-21)11-15(12-27-19)9-18(22)20-5-7-26-8-6-20/h2-4,10,15H,5-9,11-14H2,1H3. The normalized spacial score (nSPS) is 24.9. The Bertz CT molecular complexity index is 831. The Balaban J connectivity index is 1.33. The minimum absolute atomic E-state index is 0.133. The number of nitrogens with zero attached hydrogens (tertiary/aromatic N) is 2. The van der Waals surface area contributed by atoms with E-state index in [1.807, 2.05) is 4.90 Å². The molecule has 1 spiro atoms. The lowest BCUT2D eigenvalue weighted by molar-refractivity contribution is -0.136. The molecule has 28 heavy (non-hydrogen) atoms. The van der Waals surface area contributed by atoms with Crippen LogP contribution in [0.2, 0.25) is 0 Å². The highest BCUT2D eigenvalue weighted by molar-refractivity contribution is 7.89. The molecule has 0 radical (unpaired) electrons. The van der Waals surface area contributed by atoms with Gasteiger partial charge in [-0.15, -0.1) is 0 Å². The fourth-order valence-corrected chi connectivity index (χ4v) is 5.78. The van der Waals surface area contributed by atoms with Crippen molar-refractivity contribution in [3.63, 3.8) is 0 Å². The van der Waals surface area contributed by atoms with E-state index < -0.39 is 15.6 Å². The average Bonchev–Trinajstić information content (AvgIpc) is 3.12. The number of rotatable bonds is 5. The van der Waals surface area contributed by atoms with Gasteiger partial charge in [0.2, 0.25) is 15.9 Å². The molecule has 1 atom stereocenters. The molecule has 8 nitrogen and oxygen atoms in total. The van der Waals surface area contributed by atoms with Crippen LogP contribution in [-0.2, 0) is 24.3 Å². The summed E-state index contributed by atoms with van der Waals surface area (Å²) in [6, 6.07) is 6.48. The third-order valence-electron chi connectivity index (χ3n) is 5.72. The maximum atomic E-state index is 12.8. The molecule has 3 saturated heterocycles. The summed E-state index contributed by atoms with van der Waals surface area (Å²) in [5.74, 6) is 0.779. The van der Waals surface area contributed by atoms with E-state index in [1.165, 1.54) is 17.5 Å². The van der Waals surface area contributed by atoms with Gasteiger partial charge in [-0.05, 0) is 24.5 Å². The fourth-order valence-electron chi connectivity index (χ4n) is 4.16. The van der Waals surface area contributed by atoms with E-state index in [9.17, 15) is 13.2 Å². The molecule has 3 aliphatic heterocycles. The molecule has 0 saturated carbocycles. The van der Waals surface area contributed by atoms with E-state index in [-0.39, 0.29) is 16.7 Å². The van der Waals surface area contributed by atoms with Crippen LogP contribution in [0.15, 0.2) is 29.2 Å². The minimum Gasteiger partial charge on any atom is -0.497 e. The first kappa shape index (κ1) is 19.6. The van der Waals surface area contributed by atoms with Crippen LogP contribution in [0.1, 0.15) is 12.8 Å². The Hall–Kier alpha value is -1.68. The van der Waals surface area contributed by atoms with Crippen LogP contribution in [0.4, 0.5) is 0 Å². The predicted octanol–water partition coefficient (Wildman–Crippen LogP) is 0.724. The summed E-state index contributed by atoms with van der Waals surface area (Å²) in [6.07, 6.45) is 1.16. The van der Waals surface area contributed by atoms with E-state index in [4.69, 9.17) is 14.2 Å². The van der Waals surface area contributed by atoms with Gasteiger partial charge in [0.15, 0.2) is 0 Å². The van der Waals surface area contributed by atoms with Crippen molar-refractivity contribution in [3.05, 3.63) is 24.3 Å². The van der Waals surface area contributed by atoms with E-state index >= 15 is 0 Å². The molecule has 1 aromatic rings. The molecule has 1 amide bonds. The zero-order chi connectivity index (χ0) is 19.8. The summed E-state index contributed by atoms with van der Waals surface area (Å²) in [6.45, 7) is 3.63. The van der Waals surface area contributed by atoms with Crippen LogP contribution >= 0.6 is 0 Å². The molecule has 3 fully saturated rings. The Kier molecular flexibility index (Phi) is 5.34. The van der Waals surface area contributed by atoms with E-state index in [1.54, 1.807) is 18.2 Å². The van der Waals surface area contributed by atoms with Gasteiger partial charge in [0.25, 0.3) is 0 Å². The van der Waals surface area contributed by atoms with Gasteiger partial charge in [0.1, 0.15) is 5.75 Å². The molecular formula is C19H26N2O6S. The second-order valence-electron chi connectivity index (χ2n) is 7.71. The Morgan fingerprint density at radius 1 is 1.29 bits per heavy atom. The van der Waals surface area contributed by atoms with Crippen LogP contribution in [0.25, 0.3) is 0 Å². The average molecular weight is 410 g/mol. The molecule has 0 aromatic heterocycles. The molecule has 0 bridgehead atoms. The van der Waals surface area contributed by atoms with Crippen molar-refractivity contribution in [2.75, 3.05) is 53.1 Å². The number of hydrogen-bond acceptors (Lipinski definition) is 6. The molecule has 0 N–H and O–H groups in total. The summed E-state index contributed by atoms with van der Waals surface area (Å²) in [4.78, 5) is 14.5. The van der Waals surface area contributed by atoms with Crippen LogP contribution in [-0.4, -0.2) is 82.2 Å². The van der Waals surface area contributed by atoms with Crippen molar-refractivity contribution in [2.24, 2.45) is 5.92 Å². The number of methoxy groups -OCH3 is 1. The predicted molar refractivity (Wildman–Crippen MR) is 101 cm³/mol. The number of amides is 1. The molecule has 1 aromatic carbocycles. The minimum atomic E-state index is -3.57. The second kappa shape index (κ2) is 7.62. The van der Waals surface area contributed by atoms with Gasteiger partial charge in [-0.3, -0.25) is 4.79 Å². The van der Waals surface area contributed by atoms with Gasteiger partial charge in [0, 0.05) is 38.7 Å². The van der Waals surface area contributed by atoms with Crippen molar-refractivity contribution >= 4 is 15.9 Å². The first-order valence-electron chi connectivity index (χ1n) is 9.56. The number of benzene rings is 1. The fraction of sp³-hybridized carbons (Fsp3) is 0.632. The van der Waals surface area contributed by atoms with Crippen LogP contribution < -0.4 is 4.74 Å². The van der Waals surface area contributed by atoms with Gasteiger partial charge >= 0.3 is 0 Å². The number of hydrogen-bond donors (Lipinski definition) is 0. The quantitative estimate of drug-likeness (QED) is 0.711. The van der Waals surface area contributed by atoms with Crippen LogP contribution in [0.3, 0.4) is 0 Å². The molecule has 9 heteroatoms. The van der Waals surface area contributed by atoms with Crippen molar-refractivity contribution < 1.29 is 27.4 Å². The third kappa shape index (κ3) is 3.76. The van der Waals surface area contributed by atoms with Crippen molar-refractivity contribution in [1.29, 1.82) is 0 Å². The second-order valence-corrected chi connectivity index (χ2v) is 9.65. The Morgan fingerprint density at radius 3 is 2.75 bits per heavy atom. The first-order chi connectivity index (χ1) is 13.4. The van der Waals surface area contributed by atoms with Crippen molar-refractivity contribution in [1.82, 2.24) is 9.21 Å². The highest BCUT2D eigenvalue weighted by Gasteiger charge is 2.53. The monoisotopic (exact) mass is 410 g/mol. The number of carbonyl (C=O) groups excluding carboxylic acids is 1. The van der Waals surface area contributed by atoms with Crippen LogP contribution in [0.5, 0.6) is 5.75 Å². The zero-order valence-corrected chi connectivity index (χ0v) is 16.8. The maximum Gasteiger partial charge on any atom is 0.243 e.